The van der Waals surface area contributed by atoms with Gasteiger partial charge in [-0.1, -0.05) is 97.7 Å². The van der Waals surface area contributed by atoms with Gasteiger partial charge < -0.3 is 9.47 Å². The molecule has 0 aromatic heterocycles. The summed E-state index contributed by atoms with van der Waals surface area (Å²) in [5.41, 5.74) is 6.30. The Bertz CT molecular complexity index is 1280. The molecule has 2 nitrogen and oxygen atoms in total. The van der Waals surface area contributed by atoms with Crippen LogP contribution in [0.15, 0.2) is 109 Å². The molecule has 4 aromatic carbocycles. The first kappa shape index (κ1) is 26.6. The second kappa shape index (κ2) is 11.7. The minimum Gasteiger partial charge on any atom is -0.497 e. The molecular weight excluding hydrogens is 499 g/mol. The molecule has 0 aliphatic heterocycles. The van der Waals surface area contributed by atoms with Crippen molar-refractivity contribution in [2.75, 3.05) is 14.2 Å². The second-order valence-electron chi connectivity index (χ2n) is 9.41. The smallest absolute Gasteiger partial charge is 0.118 e. The van der Waals surface area contributed by atoms with Gasteiger partial charge in [0.1, 0.15) is 11.5 Å². The lowest BCUT2D eigenvalue weighted by atomic mass is 9.82. The van der Waals surface area contributed by atoms with E-state index in [4.69, 9.17) is 32.7 Å². The average Bonchev–Trinajstić information content (AvgIpc) is 2.92. The van der Waals surface area contributed by atoms with Crippen molar-refractivity contribution in [1.82, 2.24) is 0 Å². The fourth-order valence-electron chi connectivity index (χ4n) is 4.25. The molecule has 188 valence electrons. The van der Waals surface area contributed by atoms with Gasteiger partial charge in [-0.05, 0) is 81.9 Å². The molecule has 0 heterocycles. The van der Waals surface area contributed by atoms with Crippen molar-refractivity contribution in [1.29, 1.82) is 0 Å². The zero-order valence-corrected chi connectivity index (χ0v) is 23.0. The van der Waals surface area contributed by atoms with Gasteiger partial charge in [0.15, 0.2) is 0 Å². The van der Waals surface area contributed by atoms with Gasteiger partial charge in [-0.2, -0.15) is 0 Å². The summed E-state index contributed by atoms with van der Waals surface area (Å²) in [7, 11) is 3.36. The predicted molar refractivity (Wildman–Crippen MR) is 157 cm³/mol. The zero-order chi connectivity index (χ0) is 26.4. The van der Waals surface area contributed by atoms with Gasteiger partial charge in [-0.25, -0.2) is 0 Å². The molecule has 37 heavy (non-hydrogen) atoms. The first-order valence-electron chi connectivity index (χ1n) is 12.0. The third-order valence-electron chi connectivity index (χ3n) is 6.15. The maximum absolute atomic E-state index is 6.20. The van der Waals surface area contributed by atoms with E-state index in [1.807, 2.05) is 48.5 Å². The molecule has 0 aliphatic carbocycles. The van der Waals surface area contributed by atoms with Gasteiger partial charge in [0.25, 0.3) is 0 Å². The molecule has 0 atom stereocenters. The monoisotopic (exact) mass is 528 g/mol. The van der Waals surface area contributed by atoms with Crippen LogP contribution < -0.4 is 9.47 Å². The molecule has 4 rings (SSSR count). The van der Waals surface area contributed by atoms with Crippen LogP contribution in [0.1, 0.15) is 36.1 Å². The van der Waals surface area contributed by atoms with Crippen LogP contribution in [-0.2, 0) is 0 Å². The Balaban J connectivity index is 1.86. The first-order chi connectivity index (χ1) is 17.8. The Morgan fingerprint density at radius 1 is 0.514 bits per heavy atom. The highest BCUT2D eigenvalue weighted by Crippen LogP contribution is 2.36. The highest BCUT2D eigenvalue weighted by atomic mass is 35.5. The molecule has 0 unspecified atom stereocenters. The second-order valence-corrected chi connectivity index (χ2v) is 10.3. The van der Waals surface area contributed by atoms with Crippen LogP contribution in [0.4, 0.5) is 0 Å². The van der Waals surface area contributed by atoms with Gasteiger partial charge in [0.2, 0.25) is 0 Å². The predicted octanol–water partition coefficient (Wildman–Crippen LogP) is 9.60. The summed E-state index contributed by atoms with van der Waals surface area (Å²) >= 11 is 12.4. The highest BCUT2D eigenvalue weighted by Gasteiger charge is 2.18. The molecule has 4 heteroatoms. The Morgan fingerprint density at radius 3 is 1.05 bits per heavy atom. The number of methoxy groups -OCH3 is 2. The van der Waals surface area contributed by atoms with E-state index in [9.17, 15) is 0 Å². The third kappa shape index (κ3) is 6.85. The number of allylic oxidation sites excluding steroid dienone is 2. The van der Waals surface area contributed by atoms with Crippen molar-refractivity contribution < 1.29 is 9.47 Å². The third-order valence-corrected chi connectivity index (χ3v) is 6.65. The van der Waals surface area contributed by atoms with Crippen molar-refractivity contribution >= 4 is 34.3 Å². The zero-order valence-electron chi connectivity index (χ0n) is 21.5. The van der Waals surface area contributed by atoms with Gasteiger partial charge in [0.05, 0.1) is 14.2 Å². The van der Waals surface area contributed by atoms with Crippen molar-refractivity contribution in [3.8, 4) is 11.5 Å². The van der Waals surface area contributed by atoms with Gasteiger partial charge >= 0.3 is 0 Å². The van der Waals surface area contributed by atoms with Crippen molar-refractivity contribution in [3.05, 3.63) is 142 Å². The normalized spacial score (nSPS) is 11.0. The number of hydrogen-bond donors (Lipinski definition) is 0. The molecule has 0 aliphatic rings. The van der Waals surface area contributed by atoms with Crippen LogP contribution in [0.3, 0.4) is 0 Å². The van der Waals surface area contributed by atoms with E-state index in [-0.39, 0.29) is 5.41 Å². The molecule has 0 N–H and O–H groups in total. The van der Waals surface area contributed by atoms with Crippen molar-refractivity contribution in [2.45, 2.75) is 13.8 Å². The summed E-state index contributed by atoms with van der Waals surface area (Å²) in [5, 5.41) is 1.42. The van der Waals surface area contributed by atoms with Crippen LogP contribution in [0.5, 0.6) is 11.5 Å². The molecule has 0 spiro atoms. The molecule has 0 saturated carbocycles. The van der Waals surface area contributed by atoms with Gasteiger partial charge in [-0.15, -0.1) is 0 Å². The van der Waals surface area contributed by atoms with E-state index in [1.54, 1.807) is 14.2 Å². The van der Waals surface area contributed by atoms with Gasteiger partial charge in [-0.3, -0.25) is 0 Å². The molecule has 0 fully saturated rings. The van der Waals surface area contributed by atoms with E-state index in [1.165, 1.54) is 0 Å². The molecule has 0 amide bonds. The minimum absolute atomic E-state index is 0.316. The van der Waals surface area contributed by atoms with Gasteiger partial charge in [0, 0.05) is 15.5 Å². The molecule has 0 saturated heterocycles. The first-order valence-corrected chi connectivity index (χ1v) is 12.8. The summed E-state index contributed by atoms with van der Waals surface area (Å²) in [6, 6.07) is 32.2. The number of benzene rings is 4. The molecule has 0 radical (unpaired) electrons. The Kier molecular flexibility index (Phi) is 8.43. The van der Waals surface area contributed by atoms with Crippen LogP contribution in [0, 0.1) is 5.41 Å². The minimum atomic E-state index is -0.316. The summed E-state index contributed by atoms with van der Waals surface area (Å²) in [5.74, 6) is 1.65. The number of rotatable bonds is 8. The number of ether oxygens (including phenoxy) is 2. The molecule has 4 aromatic rings. The maximum Gasteiger partial charge on any atom is 0.118 e. The van der Waals surface area contributed by atoms with Crippen LogP contribution in [-0.4, -0.2) is 14.2 Å². The Hall–Kier alpha value is -3.46. The van der Waals surface area contributed by atoms with Crippen molar-refractivity contribution in [2.24, 2.45) is 5.41 Å². The summed E-state index contributed by atoms with van der Waals surface area (Å²) < 4.78 is 10.8. The quantitative estimate of drug-likeness (QED) is 0.226. The lowest BCUT2D eigenvalue weighted by Gasteiger charge is -2.22. The largest absolute Gasteiger partial charge is 0.497 e. The lowest BCUT2D eigenvalue weighted by Crippen LogP contribution is -2.07. The van der Waals surface area contributed by atoms with Crippen LogP contribution in [0.25, 0.3) is 11.1 Å². The summed E-state index contributed by atoms with van der Waals surface area (Å²) in [6.07, 6.45) is 4.61. The summed E-state index contributed by atoms with van der Waals surface area (Å²) in [4.78, 5) is 0. The fourth-order valence-corrected chi connectivity index (χ4v) is 4.50. The van der Waals surface area contributed by atoms with E-state index in [2.05, 4.69) is 74.5 Å². The highest BCUT2D eigenvalue weighted by molar-refractivity contribution is 6.31. The Labute approximate surface area is 229 Å². The number of halogens is 2. The van der Waals surface area contributed by atoms with E-state index < -0.39 is 0 Å². The topological polar surface area (TPSA) is 18.5 Å². The standard InChI is InChI=1S/C33H30Cl2O2/c1-33(2,21-31(23-5-13-27(34)14-6-23)24-7-15-28(35)16-8-24)22-32(25-9-17-29(36-3)18-10-25)26-11-19-30(37-4)20-12-26/h5-22H,1-4H3. The molecule has 0 bridgehead atoms. The van der Waals surface area contributed by atoms with E-state index in [0.717, 1.165) is 44.9 Å². The van der Waals surface area contributed by atoms with Crippen molar-refractivity contribution in [3.63, 3.8) is 0 Å². The summed E-state index contributed by atoms with van der Waals surface area (Å²) in [6.45, 7) is 4.43. The SMILES string of the molecule is COc1ccc(C(=CC(C)(C)C=C(c2ccc(Cl)cc2)c2ccc(Cl)cc2)c2ccc(OC)cc2)cc1. The fraction of sp³-hybridized carbons (Fsp3) is 0.152. The van der Waals surface area contributed by atoms with E-state index >= 15 is 0 Å². The lowest BCUT2D eigenvalue weighted by molar-refractivity contribution is 0.414. The maximum atomic E-state index is 6.20. The Morgan fingerprint density at radius 2 is 0.784 bits per heavy atom. The van der Waals surface area contributed by atoms with Crippen LogP contribution in [0.2, 0.25) is 10.0 Å². The average molecular weight is 530 g/mol. The molecular formula is C33H30Cl2O2. The van der Waals surface area contributed by atoms with Crippen LogP contribution >= 0.6 is 23.2 Å². The number of hydrogen-bond acceptors (Lipinski definition) is 2. The van der Waals surface area contributed by atoms with E-state index in [0.29, 0.717) is 10.0 Å².